The van der Waals surface area contributed by atoms with Crippen molar-refractivity contribution in [3.05, 3.63) is 75.5 Å². The molecule has 1 aliphatic heterocycles. The van der Waals surface area contributed by atoms with E-state index in [-0.39, 0.29) is 23.2 Å². The first-order chi connectivity index (χ1) is 15.0. The first-order valence-electron chi connectivity index (χ1n) is 10.0. The molecule has 162 valence electrons. The van der Waals surface area contributed by atoms with Gasteiger partial charge in [-0.15, -0.1) is 0 Å². The maximum absolute atomic E-state index is 13.5. The number of aromatic nitrogens is 3. The van der Waals surface area contributed by atoms with Crippen molar-refractivity contribution in [3.8, 4) is 11.3 Å². The van der Waals surface area contributed by atoms with E-state index in [2.05, 4.69) is 15.3 Å². The number of hydrogen-bond donors (Lipinski definition) is 2. The summed E-state index contributed by atoms with van der Waals surface area (Å²) in [4.78, 5) is 21.6. The summed E-state index contributed by atoms with van der Waals surface area (Å²) < 4.78 is 20.2. The van der Waals surface area contributed by atoms with Crippen LogP contribution in [0.3, 0.4) is 0 Å². The molecule has 1 aromatic carbocycles. The zero-order valence-electron chi connectivity index (χ0n) is 16.7. The molecule has 1 aliphatic rings. The van der Waals surface area contributed by atoms with Crippen molar-refractivity contribution in [2.75, 3.05) is 25.1 Å². The van der Waals surface area contributed by atoms with Crippen molar-refractivity contribution >= 4 is 17.5 Å². The molecule has 0 aliphatic carbocycles. The Bertz CT molecular complexity index is 1120. The average molecular weight is 445 g/mol. The molecule has 0 amide bonds. The second kappa shape index (κ2) is 9.55. The van der Waals surface area contributed by atoms with E-state index in [0.717, 1.165) is 12.8 Å². The second-order valence-corrected chi connectivity index (χ2v) is 7.74. The van der Waals surface area contributed by atoms with E-state index < -0.39 is 11.9 Å². The van der Waals surface area contributed by atoms with Crippen LogP contribution >= 0.6 is 11.6 Å². The van der Waals surface area contributed by atoms with Crippen LogP contribution in [0.25, 0.3) is 11.3 Å². The normalized spacial score (nSPS) is 15.6. The number of pyridine rings is 1. The molecule has 1 fully saturated rings. The Balaban J connectivity index is 1.59. The van der Waals surface area contributed by atoms with Gasteiger partial charge in [0.1, 0.15) is 5.82 Å². The molecule has 0 spiro atoms. The molecule has 7 nitrogen and oxygen atoms in total. The molecule has 3 aromatic rings. The van der Waals surface area contributed by atoms with Gasteiger partial charge in [-0.2, -0.15) is 0 Å². The molecular weight excluding hydrogens is 423 g/mol. The molecule has 1 atom stereocenters. The van der Waals surface area contributed by atoms with E-state index in [1.807, 2.05) is 0 Å². The number of ether oxygens (including phenoxy) is 1. The Labute approximate surface area is 183 Å². The molecular formula is C22H22ClFN4O3. The lowest BCUT2D eigenvalue weighted by Crippen LogP contribution is -2.28. The molecule has 9 heteroatoms. The minimum absolute atomic E-state index is 0.0637. The smallest absolute Gasteiger partial charge is 0.251 e. The first-order valence-corrected chi connectivity index (χ1v) is 10.4. The average Bonchev–Trinajstić information content (AvgIpc) is 2.78. The monoisotopic (exact) mass is 444 g/mol. The summed E-state index contributed by atoms with van der Waals surface area (Å²) in [5.41, 5.74) is 1.45. The number of halogens is 2. The molecule has 0 radical (unpaired) electrons. The van der Waals surface area contributed by atoms with Gasteiger partial charge in [0.05, 0.1) is 23.4 Å². The van der Waals surface area contributed by atoms with Gasteiger partial charge in [-0.3, -0.25) is 4.79 Å². The van der Waals surface area contributed by atoms with Crippen LogP contribution in [-0.4, -0.2) is 45.5 Å². The predicted octanol–water partition coefficient (Wildman–Crippen LogP) is 3.27. The highest BCUT2D eigenvalue weighted by molar-refractivity contribution is 6.30. The summed E-state index contributed by atoms with van der Waals surface area (Å²) in [5.74, 6) is -0.0542. The SMILES string of the molecule is O=c1cc(-c2ccnc(NC3CCOCC3)n2)ccn1C(CO)c1ccc(F)c(Cl)c1. The predicted molar refractivity (Wildman–Crippen MR) is 116 cm³/mol. The lowest BCUT2D eigenvalue weighted by atomic mass is 10.1. The number of aliphatic hydroxyl groups excluding tert-OH is 1. The lowest BCUT2D eigenvalue weighted by molar-refractivity contribution is 0.0903. The molecule has 1 unspecified atom stereocenters. The molecule has 4 rings (SSSR count). The Morgan fingerprint density at radius 1 is 1.26 bits per heavy atom. The van der Waals surface area contributed by atoms with Gasteiger partial charge in [-0.05, 0) is 42.7 Å². The largest absolute Gasteiger partial charge is 0.394 e. The van der Waals surface area contributed by atoms with Gasteiger partial charge in [0.15, 0.2) is 0 Å². The van der Waals surface area contributed by atoms with Gasteiger partial charge in [0, 0.05) is 43.3 Å². The summed E-state index contributed by atoms with van der Waals surface area (Å²) in [6, 6.07) is 8.63. The fourth-order valence-corrected chi connectivity index (χ4v) is 3.78. The van der Waals surface area contributed by atoms with Crippen LogP contribution in [0.2, 0.25) is 5.02 Å². The van der Waals surface area contributed by atoms with Crippen LogP contribution in [0.15, 0.2) is 53.6 Å². The molecule has 3 heterocycles. The summed E-state index contributed by atoms with van der Waals surface area (Å²) in [7, 11) is 0. The van der Waals surface area contributed by atoms with Gasteiger partial charge >= 0.3 is 0 Å². The van der Waals surface area contributed by atoms with Crippen molar-refractivity contribution in [2.24, 2.45) is 0 Å². The Morgan fingerprint density at radius 3 is 2.77 bits per heavy atom. The second-order valence-electron chi connectivity index (χ2n) is 7.33. The fourth-order valence-electron chi connectivity index (χ4n) is 3.59. The molecule has 0 saturated carbocycles. The van der Waals surface area contributed by atoms with Crippen LogP contribution in [0, 0.1) is 5.82 Å². The fraction of sp³-hybridized carbons (Fsp3) is 0.318. The Hall–Kier alpha value is -2.81. The number of aliphatic hydroxyl groups is 1. The van der Waals surface area contributed by atoms with Crippen molar-refractivity contribution in [3.63, 3.8) is 0 Å². The third-order valence-electron chi connectivity index (χ3n) is 5.29. The standard InChI is InChI=1S/C22H22ClFN4O3/c23-17-11-15(1-2-18(17)24)20(13-29)28-8-4-14(12-21(28)30)19-3-7-25-22(27-19)26-16-5-9-31-10-6-16/h1-4,7-8,11-12,16,20,29H,5-6,9-10,13H2,(H,25,26,27). The summed E-state index contributed by atoms with van der Waals surface area (Å²) >= 11 is 5.86. The maximum Gasteiger partial charge on any atom is 0.251 e. The highest BCUT2D eigenvalue weighted by Gasteiger charge is 2.17. The van der Waals surface area contributed by atoms with Crippen molar-refractivity contribution in [1.29, 1.82) is 0 Å². The Morgan fingerprint density at radius 2 is 2.06 bits per heavy atom. The van der Waals surface area contributed by atoms with E-state index in [1.54, 1.807) is 24.5 Å². The minimum Gasteiger partial charge on any atom is -0.394 e. The molecule has 1 saturated heterocycles. The van der Waals surface area contributed by atoms with Crippen molar-refractivity contribution in [1.82, 2.24) is 14.5 Å². The summed E-state index contributed by atoms with van der Waals surface area (Å²) in [6.07, 6.45) is 5.01. The van der Waals surface area contributed by atoms with Gasteiger partial charge in [0.2, 0.25) is 5.95 Å². The van der Waals surface area contributed by atoms with Crippen LogP contribution in [0.5, 0.6) is 0 Å². The number of hydrogen-bond acceptors (Lipinski definition) is 6. The number of nitrogens with one attached hydrogen (secondary N) is 1. The van der Waals surface area contributed by atoms with Crippen LogP contribution in [0.1, 0.15) is 24.4 Å². The van der Waals surface area contributed by atoms with Crippen LogP contribution < -0.4 is 10.9 Å². The van der Waals surface area contributed by atoms with E-state index in [1.165, 1.54) is 28.8 Å². The number of anilines is 1. The van der Waals surface area contributed by atoms with E-state index in [4.69, 9.17) is 16.3 Å². The number of rotatable bonds is 6. The minimum atomic E-state index is -0.684. The number of nitrogens with zero attached hydrogens (tertiary/aromatic N) is 3. The number of benzene rings is 1. The van der Waals surface area contributed by atoms with Crippen molar-refractivity contribution in [2.45, 2.75) is 24.9 Å². The molecule has 0 bridgehead atoms. The van der Waals surface area contributed by atoms with Gasteiger partial charge in [-0.1, -0.05) is 17.7 Å². The highest BCUT2D eigenvalue weighted by Crippen LogP contribution is 2.24. The van der Waals surface area contributed by atoms with Gasteiger partial charge in [0.25, 0.3) is 5.56 Å². The zero-order chi connectivity index (χ0) is 21.8. The first kappa shape index (κ1) is 21.4. The van der Waals surface area contributed by atoms with Gasteiger partial charge < -0.3 is 19.7 Å². The van der Waals surface area contributed by atoms with E-state index in [9.17, 15) is 14.3 Å². The molecule has 2 N–H and O–H groups in total. The van der Waals surface area contributed by atoms with E-state index >= 15 is 0 Å². The summed E-state index contributed by atoms with van der Waals surface area (Å²) in [5, 5.41) is 13.1. The van der Waals surface area contributed by atoms with Crippen LogP contribution in [0.4, 0.5) is 10.3 Å². The van der Waals surface area contributed by atoms with Crippen LogP contribution in [-0.2, 0) is 4.74 Å². The molecule has 2 aromatic heterocycles. The third kappa shape index (κ3) is 4.92. The lowest BCUT2D eigenvalue weighted by Gasteiger charge is -2.23. The third-order valence-corrected chi connectivity index (χ3v) is 5.58. The zero-order valence-corrected chi connectivity index (χ0v) is 17.4. The van der Waals surface area contributed by atoms with Gasteiger partial charge in [-0.25, -0.2) is 14.4 Å². The maximum atomic E-state index is 13.5. The Kier molecular flexibility index (Phi) is 6.60. The highest BCUT2D eigenvalue weighted by atomic mass is 35.5. The molecule has 31 heavy (non-hydrogen) atoms. The summed E-state index contributed by atoms with van der Waals surface area (Å²) in [6.45, 7) is 1.08. The van der Waals surface area contributed by atoms with E-state index in [0.29, 0.717) is 36.0 Å². The quantitative estimate of drug-likeness (QED) is 0.606. The topological polar surface area (TPSA) is 89.3 Å². The van der Waals surface area contributed by atoms with Crippen molar-refractivity contribution < 1.29 is 14.2 Å².